The van der Waals surface area contributed by atoms with Crippen molar-refractivity contribution in [3.05, 3.63) is 41.7 Å². The lowest BCUT2D eigenvalue weighted by molar-refractivity contribution is 0.0378. The van der Waals surface area contributed by atoms with Crippen LogP contribution in [0.1, 0.15) is 35.7 Å². The Morgan fingerprint density at radius 2 is 2.25 bits per heavy atom. The predicted molar refractivity (Wildman–Crippen MR) is 73.4 cm³/mol. The van der Waals surface area contributed by atoms with E-state index in [-0.39, 0.29) is 6.10 Å². The summed E-state index contributed by atoms with van der Waals surface area (Å²) in [7, 11) is 0. The third-order valence-electron chi connectivity index (χ3n) is 2.64. The molecule has 0 aliphatic carbocycles. The molecule has 0 aliphatic heterocycles. The maximum absolute atomic E-state index is 12.0. The zero-order valence-corrected chi connectivity index (χ0v) is 11.7. The first-order valence-corrected chi connectivity index (χ1v) is 6.36. The summed E-state index contributed by atoms with van der Waals surface area (Å²) in [5, 5.41) is 3.08. The fraction of sp³-hybridized carbons (Fsp3) is 0.357. The molecule has 0 atom stereocenters. The van der Waals surface area contributed by atoms with Crippen molar-refractivity contribution < 1.29 is 13.9 Å². The number of hydrogen-bond donors (Lipinski definition) is 1. The topological polar surface area (TPSA) is 77.3 Å². The normalized spacial score (nSPS) is 10.6. The molecule has 20 heavy (non-hydrogen) atoms. The molecule has 1 N–H and O–H groups in total. The van der Waals surface area contributed by atoms with Crippen molar-refractivity contribution in [3.8, 4) is 0 Å². The van der Waals surface area contributed by atoms with Gasteiger partial charge in [0.15, 0.2) is 6.39 Å². The van der Waals surface area contributed by atoms with Crippen LogP contribution in [0.15, 0.2) is 29.1 Å². The molecule has 0 bridgehead atoms. The molecule has 0 aliphatic rings. The third kappa shape index (κ3) is 3.34. The van der Waals surface area contributed by atoms with Crippen LogP contribution in [0.25, 0.3) is 0 Å². The molecule has 0 spiro atoms. The Balaban J connectivity index is 2.12. The fourth-order valence-electron chi connectivity index (χ4n) is 1.65. The highest BCUT2D eigenvalue weighted by Gasteiger charge is 2.15. The van der Waals surface area contributed by atoms with Crippen LogP contribution < -0.4 is 5.32 Å². The number of ether oxygens (including phenoxy) is 1. The maximum Gasteiger partial charge on any atom is 0.342 e. The van der Waals surface area contributed by atoms with Crippen LogP contribution >= 0.6 is 0 Å². The first kappa shape index (κ1) is 14.0. The van der Waals surface area contributed by atoms with Crippen molar-refractivity contribution in [2.75, 3.05) is 5.32 Å². The summed E-state index contributed by atoms with van der Waals surface area (Å²) in [4.78, 5) is 20.2. The molecule has 0 radical (unpaired) electrons. The quantitative estimate of drug-likeness (QED) is 0.845. The molecule has 6 nitrogen and oxygen atoms in total. The average molecular weight is 275 g/mol. The van der Waals surface area contributed by atoms with Crippen molar-refractivity contribution in [1.29, 1.82) is 0 Å². The molecule has 106 valence electrons. The van der Waals surface area contributed by atoms with Crippen LogP contribution in [0.3, 0.4) is 0 Å². The lowest BCUT2D eigenvalue weighted by Crippen LogP contribution is -2.15. The van der Waals surface area contributed by atoms with E-state index in [0.717, 1.165) is 11.5 Å². The van der Waals surface area contributed by atoms with E-state index in [1.807, 2.05) is 6.92 Å². The fourth-order valence-corrected chi connectivity index (χ4v) is 1.65. The van der Waals surface area contributed by atoms with Crippen LogP contribution in [-0.4, -0.2) is 22.0 Å². The van der Waals surface area contributed by atoms with Crippen LogP contribution in [-0.2, 0) is 11.3 Å². The Morgan fingerprint density at radius 3 is 2.90 bits per heavy atom. The lowest BCUT2D eigenvalue weighted by atomic mass is 10.2. The summed E-state index contributed by atoms with van der Waals surface area (Å²) in [6, 6.07) is 3.37. The van der Waals surface area contributed by atoms with Crippen molar-refractivity contribution in [2.45, 2.75) is 33.4 Å². The van der Waals surface area contributed by atoms with Gasteiger partial charge in [0, 0.05) is 6.20 Å². The van der Waals surface area contributed by atoms with Gasteiger partial charge in [-0.3, -0.25) is 0 Å². The van der Waals surface area contributed by atoms with E-state index in [2.05, 4.69) is 15.3 Å². The van der Waals surface area contributed by atoms with E-state index in [0.29, 0.717) is 17.9 Å². The summed E-state index contributed by atoms with van der Waals surface area (Å²) < 4.78 is 10.3. The van der Waals surface area contributed by atoms with Gasteiger partial charge in [-0.1, -0.05) is 0 Å². The molecule has 2 heterocycles. The molecule has 0 amide bonds. The zero-order chi connectivity index (χ0) is 14.5. The van der Waals surface area contributed by atoms with Crippen molar-refractivity contribution >= 4 is 11.8 Å². The van der Waals surface area contributed by atoms with Gasteiger partial charge >= 0.3 is 5.97 Å². The number of nitrogens with one attached hydrogen (secondary N) is 1. The molecule has 0 saturated carbocycles. The number of carbonyl (C=O) groups is 1. The van der Waals surface area contributed by atoms with E-state index < -0.39 is 5.97 Å². The molecular weight excluding hydrogens is 258 g/mol. The van der Waals surface area contributed by atoms with Crippen LogP contribution in [0.4, 0.5) is 5.82 Å². The smallest absolute Gasteiger partial charge is 0.342 e. The van der Waals surface area contributed by atoms with E-state index in [4.69, 9.17) is 9.15 Å². The lowest BCUT2D eigenvalue weighted by Gasteiger charge is -2.11. The number of nitrogens with zero attached hydrogens (tertiary/aromatic N) is 2. The molecule has 2 aromatic heterocycles. The van der Waals surface area contributed by atoms with Crippen molar-refractivity contribution in [3.63, 3.8) is 0 Å². The average Bonchev–Trinajstić information content (AvgIpc) is 2.81. The molecule has 0 saturated heterocycles. The molecule has 2 rings (SSSR count). The number of rotatable bonds is 5. The van der Waals surface area contributed by atoms with Crippen molar-refractivity contribution in [2.24, 2.45) is 0 Å². The number of pyridine rings is 1. The Bertz CT molecular complexity index is 593. The second-order valence-corrected chi connectivity index (χ2v) is 4.56. The number of anilines is 1. The number of hydrogen-bond acceptors (Lipinski definition) is 6. The summed E-state index contributed by atoms with van der Waals surface area (Å²) in [6.45, 7) is 5.87. The molecule has 2 aromatic rings. The molecule has 0 unspecified atom stereocenters. The largest absolute Gasteiger partial charge is 0.459 e. The number of oxazole rings is 1. The predicted octanol–water partition coefficient (Wildman–Crippen LogP) is 2.56. The standard InChI is InChI=1S/C14H17N3O3/c1-9(2)20-14(18)11-5-4-6-15-13(11)16-7-12-10(3)19-8-17-12/h4-6,8-9H,7H2,1-3H3,(H,15,16). The van der Waals surface area contributed by atoms with Gasteiger partial charge < -0.3 is 14.5 Å². The van der Waals surface area contributed by atoms with Crippen LogP contribution in [0.2, 0.25) is 0 Å². The highest BCUT2D eigenvalue weighted by Crippen LogP contribution is 2.15. The monoisotopic (exact) mass is 275 g/mol. The SMILES string of the molecule is Cc1ocnc1CNc1ncccc1C(=O)OC(C)C. The molecule has 0 aromatic carbocycles. The van der Waals surface area contributed by atoms with Gasteiger partial charge in [-0.2, -0.15) is 0 Å². The number of esters is 1. The van der Waals surface area contributed by atoms with Crippen LogP contribution in [0, 0.1) is 6.92 Å². The summed E-state index contributed by atoms with van der Waals surface area (Å²) in [5.41, 5.74) is 1.18. The molecule has 6 heteroatoms. The van der Waals surface area contributed by atoms with Gasteiger partial charge in [-0.25, -0.2) is 14.8 Å². The number of aromatic nitrogens is 2. The van der Waals surface area contributed by atoms with Gasteiger partial charge in [-0.05, 0) is 32.9 Å². The van der Waals surface area contributed by atoms with E-state index in [1.54, 1.807) is 32.2 Å². The minimum Gasteiger partial charge on any atom is -0.459 e. The van der Waals surface area contributed by atoms with Gasteiger partial charge in [0.1, 0.15) is 22.8 Å². The minimum absolute atomic E-state index is 0.173. The highest BCUT2D eigenvalue weighted by atomic mass is 16.5. The van der Waals surface area contributed by atoms with E-state index in [9.17, 15) is 4.79 Å². The first-order chi connectivity index (χ1) is 9.58. The van der Waals surface area contributed by atoms with Gasteiger partial charge in [0.05, 0.1) is 12.6 Å². The maximum atomic E-state index is 12.0. The first-order valence-electron chi connectivity index (χ1n) is 6.36. The van der Waals surface area contributed by atoms with E-state index >= 15 is 0 Å². The van der Waals surface area contributed by atoms with Crippen molar-refractivity contribution in [1.82, 2.24) is 9.97 Å². The minimum atomic E-state index is -0.396. The second kappa shape index (κ2) is 6.18. The summed E-state index contributed by atoms with van der Waals surface area (Å²) >= 11 is 0. The Labute approximate surface area is 117 Å². The second-order valence-electron chi connectivity index (χ2n) is 4.56. The number of carbonyl (C=O) groups excluding carboxylic acids is 1. The van der Waals surface area contributed by atoms with Crippen LogP contribution in [0.5, 0.6) is 0 Å². The Kier molecular flexibility index (Phi) is 4.34. The molecule has 0 fully saturated rings. The third-order valence-corrected chi connectivity index (χ3v) is 2.64. The Morgan fingerprint density at radius 1 is 1.45 bits per heavy atom. The van der Waals surface area contributed by atoms with Gasteiger partial charge in [0.2, 0.25) is 0 Å². The highest BCUT2D eigenvalue weighted by molar-refractivity contribution is 5.94. The van der Waals surface area contributed by atoms with Gasteiger partial charge in [0.25, 0.3) is 0 Å². The number of aryl methyl sites for hydroxylation is 1. The Hall–Kier alpha value is -2.37. The molecular formula is C14H17N3O3. The van der Waals surface area contributed by atoms with E-state index in [1.165, 1.54) is 6.39 Å². The summed E-state index contributed by atoms with van der Waals surface area (Å²) in [6.07, 6.45) is 2.83. The zero-order valence-electron chi connectivity index (χ0n) is 11.7. The van der Waals surface area contributed by atoms with Gasteiger partial charge in [-0.15, -0.1) is 0 Å². The summed E-state index contributed by atoms with van der Waals surface area (Å²) in [5.74, 6) is 0.813.